The number of aliphatic hydroxyl groups excluding tert-OH is 1. The molecular weight excluding hydrogens is 332 g/mol. The first kappa shape index (κ1) is 18.7. The Balaban J connectivity index is 1.72. The van der Waals surface area contributed by atoms with E-state index in [2.05, 4.69) is 0 Å². The van der Waals surface area contributed by atoms with E-state index in [1.807, 2.05) is 30.0 Å². The van der Waals surface area contributed by atoms with Crippen molar-refractivity contribution in [2.24, 2.45) is 5.41 Å². The molecule has 2 fully saturated rings. The molecule has 2 heterocycles. The van der Waals surface area contributed by atoms with Gasteiger partial charge < -0.3 is 19.6 Å². The molecule has 1 spiro atoms. The largest absolute Gasteiger partial charge is 0.496 e. The molecule has 1 unspecified atom stereocenters. The average molecular weight is 360 g/mol. The van der Waals surface area contributed by atoms with Gasteiger partial charge in [0.05, 0.1) is 18.8 Å². The van der Waals surface area contributed by atoms with Crippen molar-refractivity contribution < 1.29 is 19.4 Å². The summed E-state index contributed by atoms with van der Waals surface area (Å²) < 4.78 is 5.38. The predicted octanol–water partition coefficient (Wildman–Crippen LogP) is 1.84. The van der Waals surface area contributed by atoms with E-state index in [1.165, 1.54) is 0 Å². The van der Waals surface area contributed by atoms with Crippen LogP contribution >= 0.6 is 0 Å². The van der Waals surface area contributed by atoms with Gasteiger partial charge in [-0.3, -0.25) is 9.59 Å². The normalized spacial score (nSPS) is 22.4. The number of β-amino-alcohol motifs (C(OH)–C–C–N with tert-alkyl or cyclic N) is 1. The molecule has 6 heteroatoms. The van der Waals surface area contributed by atoms with Crippen molar-refractivity contribution in [2.75, 3.05) is 33.3 Å². The fraction of sp³-hybridized carbons (Fsp3) is 0.600. The van der Waals surface area contributed by atoms with E-state index in [1.54, 1.807) is 18.9 Å². The number of methoxy groups -OCH3 is 1. The molecule has 1 atom stereocenters. The van der Waals surface area contributed by atoms with Crippen molar-refractivity contribution in [3.8, 4) is 5.75 Å². The molecule has 142 valence electrons. The molecule has 0 aliphatic carbocycles. The van der Waals surface area contributed by atoms with Gasteiger partial charge in [0.25, 0.3) is 5.91 Å². The highest BCUT2D eigenvalue weighted by Crippen LogP contribution is 2.40. The molecule has 2 aliphatic heterocycles. The van der Waals surface area contributed by atoms with Crippen LogP contribution < -0.4 is 4.74 Å². The summed E-state index contributed by atoms with van der Waals surface area (Å²) in [7, 11) is 1.58. The molecule has 2 amide bonds. The zero-order chi connectivity index (χ0) is 18.9. The van der Waals surface area contributed by atoms with Crippen LogP contribution in [-0.2, 0) is 4.79 Å². The van der Waals surface area contributed by atoms with Gasteiger partial charge in [0.15, 0.2) is 0 Å². The number of ether oxygens (including phenoxy) is 1. The molecule has 1 aromatic rings. The third-order valence-electron chi connectivity index (χ3n) is 5.85. The summed E-state index contributed by atoms with van der Waals surface area (Å²) in [6.07, 6.45) is 1.82. The predicted molar refractivity (Wildman–Crippen MR) is 98.2 cm³/mol. The smallest absolute Gasteiger partial charge is 0.257 e. The van der Waals surface area contributed by atoms with Crippen LogP contribution in [0.5, 0.6) is 5.75 Å². The maximum absolute atomic E-state index is 13.0. The Morgan fingerprint density at radius 1 is 1.23 bits per heavy atom. The van der Waals surface area contributed by atoms with Crippen molar-refractivity contribution in [1.82, 2.24) is 9.80 Å². The monoisotopic (exact) mass is 360 g/mol. The molecule has 3 rings (SSSR count). The topological polar surface area (TPSA) is 70.1 Å². The van der Waals surface area contributed by atoms with Gasteiger partial charge in [-0.05, 0) is 43.2 Å². The van der Waals surface area contributed by atoms with E-state index < -0.39 is 6.10 Å². The van der Waals surface area contributed by atoms with Gasteiger partial charge in [0.1, 0.15) is 5.75 Å². The lowest BCUT2D eigenvalue weighted by Gasteiger charge is -2.49. The number of benzene rings is 1. The number of aryl methyl sites for hydroxylation is 1. The van der Waals surface area contributed by atoms with Crippen LogP contribution in [0.1, 0.15) is 42.1 Å². The Labute approximate surface area is 154 Å². The Morgan fingerprint density at radius 3 is 2.54 bits per heavy atom. The first-order valence-electron chi connectivity index (χ1n) is 9.22. The van der Waals surface area contributed by atoms with Crippen LogP contribution in [-0.4, -0.2) is 66.1 Å². The summed E-state index contributed by atoms with van der Waals surface area (Å²) in [5.41, 5.74) is 1.45. The lowest BCUT2D eigenvalue weighted by atomic mass is 9.71. The first-order valence-corrected chi connectivity index (χ1v) is 9.22. The minimum absolute atomic E-state index is 0.00502. The van der Waals surface area contributed by atoms with Crippen molar-refractivity contribution in [2.45, 2.75) is 39.2 Å². The zero-order valence-corrected chi connectivity index (χ0v) is 15.8. The number of carbonyl (C=O) groups excluding carboxylic acids is 2. The molecule has 0 saturated carbocycles. The second kappa shape index (κ2) is 7.27. The number of hydrogen-bond donors (Lipinski definition) is 1. The summed E-state index contributed by atoms with van der Waals surface area (Å²) in [4.78, 5) is 28.4. The van der Waals surface area contributed by atoms with Crippen LogP contribution in [0.15, 0.2) is 18.2 Å². The molecule has 0 aromatic heterocycles. The average Bonchev–Trinajstić information content (AvgIpc) is 2.61. The van der Waals surface area contributed by atoms with Gasteiger partial charge in [0.2, 0.25) is 5.91 Å². The van der Waals surface area contributed by atoms with Gasteiger partial charge in [-0.25, -0.2) is 0 Å². The molecular formula is C20H28N2O4. The Kier molecular flexibility index (Phi) is 5.23. The third-order valence-corrected chi connectivity index (χ3v) is 5.85. The molecule has 6 nitrogen and oxygen atoms in total. The summed E-state index contributed by atoms with van der Waals surface area (Å²) in [5.74, 6) is 0.604. The Hall–Kier alpha value is -2.08. The van der Waals surface area contributed by atoms with Crippen LogP contribution in [0.4, 0.5) is 0 Å². The quantitative estimate of drug-likeness (QED) is 0.874. The van der Waals surface area contributed by atoms with Crippen molar-refractivity contribution in [1.29, 1.82) is 0 Å². The van der Waals surface area contributed by atoms with E-state index in [-0.39, 0.29) is 17.2 Å². The van der Waals surface area contributed by atoms with Crippen LogP contribution in [0.2, 0.25) is 0 Å². The number of aliphatic hydroxyl groups is 1. The molecule has 26 heavy (non-hydrogen) atoms. The van der Waals surface area contributed by atoms with E-state index in [9.17, 15) is 14.7 Å². The molecule has 1 N–H and O–H groups in total. The van der Waals surface area contributed by atoms with Gasteiger partial charge >= 0.3 is 0 Å². The minimum Gasteiger partial charge on any atom is -0.496 e. The van der Waals surface area contributed by atoms with Gasteiger partial charge in [-0.1, -0.05) is 12.1 Å². The van der Waals surface area contributed by atoms with Crippen LogP contribution in [0.3, 0.4) is 0 Å². The fourth-order valence-electron chi connectivity index (χ4n) is 4.38. The summed E-state index contributed by atoms with van der Waals surface area (Å²) in [6.45, 7) is 5.83. The third kappa shape index (κ3) is 3.56. The van der Waals surface area contributed by atoms with Crippen LogP contribution in [0.25, 0.3) is 0 Å². The first-order chi connectivity index (χ1) is 12.3. The standard InChI is InChI=1S/C20H28N2O4/c1-14-5-4-6-17(26-3)18(14)19(25)21-9-7-20(8-10-21)11-16(24)12-22(13-20)15(2)23/h4-6,16,24H,7-13H2,1-3H3. The van der Waals surface area contributed by atoms with Crippen LogP contribution in [0, 0.1) is 12.3 Å². The SMILES string of the molecule is COc1cccc(C)c1C(=O)N1CCC2(CC1)CC(O)CN(C(C)=O)C2. The second-order valence-electron chi connectivity index (χ2n) is 7.70. The van der Waals surface area contributed by atoms with E-state index >= 15 is 0 Å². The number of carbonyl (C=O) groups is 2. The molecule has 0 radical (unpaired) electrons. The summed E-state index contributed by atoms with van der Waals surface area (Å²) in [5, 5.41) is 10.2. The Bertz CT molecular complexity index is 695. The summed E-state index contributed by atoms with van der Waals surface area (Å²) >= 11 is 0. The molecule has 0 bridgehead atoms. The highest BCUT2D eigenvalue weighted by atomic mass is 16.5. The van der Waals surface area contributed by atoms with Crippen molar-refractivity contribution >= 4 is 11.8 Å². The highest BCUT2D eigenvalue weighted by molar-refractivity contribution is 5.98. The number of amides is 2. The van der Waals surface area contributed by atoms with Gasteiger partial charge in [-0.2, -0.15) is 0 Å². The van der Waals surface area contributed by atoms with Gasteiger partial charge in [-0.15, -0.1) is 0 Å². The van der Waals surface area contributed by atoms with E-state index in [0.29, 0.717) is 43.9 Å². The number of hydrogen-bond acceptors (Lipinski definition) is 4. The molecule has 1 aromatic carbocycles. The fourth-order valence-corrected chi connectivity index (χ4v) is 4.38. The Morgan fingerprint density at radius 2 is 1.92 bits per heavy atom. The van der Waals surface area contributed by atoms with Crippen molar-refractivity contribution in [3.05, 3.63) is 29.3 Å². The second-order valence-corrected chi connectivity index (χ2v) is 7.70. The lowest BCUT2D eigenvalue weighted by Crippen LogP contribution is -2.55. The van der Waals surface area contributed by atoms with Crippen molar-refractivity contribution in [3.63, 3.8) is 0 Å². The summed E-state index contributed by atoms with van der Waals surface area (Å²) in [6, 6.07) is 5.62. The molecule has 2 aliphatic rings. The maximum atomic E-state index is 13.0. The minimum atomic E-state index is -0.480. The molecule has 2 saturated heterocycles. The number of likely N-dealkylation sites (tertiary alicyclic amines) is 2. The van der Waals surface area contributed by atoms with E-state index in [4.69, 9.17) is 4.74 Å². The maximum Gasteiger partial charge on any atom is 0.257 e. The number of rotatable bonds is 2. The number of piperidine rings is 2. The van der Waals surface area contributed by atoms with E-state index in [0.717, 1.165) is 18.4 Å². The number of nitrogens with zero attached hydrogens (tertiary/aromatic N) is 2. The highest BCUT2D eigenvalue weighted by Gasteiger charge is 2.43. The zero-order valence-electron chi connectivity index (χ0n) is 15.8. The van der Waals surface area contributed by atoms with Gasteiger partial charge in [0, 0.05) is 33.1 Å². The lowest BCUT2D eigenvalue weighted by molar-refractivity contribution is -0.137.